The lowest BCUT2D eigenvalue weighted by Gasteiger charge is -2.03. The van der Waals surface area contributed by atoms with Gasteiger partial charge in [-0.05, 0) is 23.6 Å². The Labute approximate surface area is 76.4 Å². The van der Waals surface area contributed by atoms with Crippen molar-refractivity contribution in [3.63, 3.8) is 0 Å². The Morgan fingerprint density at radius 2 is 2.00 bits per heavy atom. The molecule has 1 rings (SSSR count). The van der Waals surface area contributed by atoms with Crippen LogP contribution in [0.5, 0.6) is 0 Å². The van der Waals surface area contributed by atoms with E-state index in [2.05, 4.69) is 0 Å². The zero-order valence-corrected chi connectivity index (χ0v) is 7.38. The van der Waals surface area contributed by atoms with Crippen LogP contribution in [-0.2, 0) is 13.0 Å². The van der Waals surface area contributed by atoms with E-state index in [9.17, 15) is 0 Å². The van der Waals surface area contributed by atoms with Crippen molar-refractivity contribution in [2.24, 2.45) is 0 Å². The predicted octanol–water partition coefficient (Wildman–Crippen LogP) is 1.37. The first-order valence-electron chi connectivity index (χ1n) is 3.77. The molecule has 0 fully saturated rings. The maximum atomic E-state index is 8.82. The van der Waals surface area contributed by atoms with Crippen molar-refractivity contribution in [3.05, 3.63) is 34.3 Å². The first-order valence-corrected chi connectivity index (χ1v) is 4.14. The van der Waals surface area contributed by atoms with Gasteiger partial charge in [-0.2, -0.15) is 0 Å². The van der Waals surface area contributed by atoms with Crippen molar-refractivity contribution < 1.29 is 10.2 Å². The topological polar surface area (TPSA) is 40.5 Å². The lowest BCUT2D eigenvalue weighted by Crippen LogP contribution is -1.93. The molecule has 0 spiro atoms. The van der Waals surface area contributed by atoms with Gasteiger partial charge in [0.2, 0.25) is 0 Å². The van der Waals surface area contributed by atoms with Crippen molar-refractivity contribution in [1.82, 2.24) is 0 Å². The normalized spacial score (nSPS) is 10.2. The fourth-order valence-electron chi connectivity index (χ4n) is 1.04. The summed E-state index contributed by atoms with van der Waals surface area (Å²) in [7, 11) is 0. The molecule has 0 atom stereocenters. The monoisotopic (exact) mass is 186 g/mol. The summed E-state index contributed by atoms with van der Waals surface area (Å²) in [5, 5.41) is 18.1. The van der Waals surface area contributed by atoms with Crippen LogP contribution in [0.2, 0.25) is 5.02 Å². The molecule has 2 N–H and O–H groups in total. The molecule has 2 nitrogen and oxygen atoms in total. The summed E-state index contributed by atoms with van der Waals surface area (Å²) < 4.78 is 0. The molecule has 0 aliphatic carbocycles. The van der Waals surface area contributed by atoms with Gasteiger partial charge in [-0.1, -0.05) is 23.7 Å². The van der Waals surface area contributed by atoms with Gasteiger partial charge in [-0.15, -0.1) is 0 Å². The Morgan fingerprint density at radius 3 is 2.58 bits per heavy atom. The lowest BCUT2D eigenvalue weighted by molar-refractivity contribution is 0.281. The molecular weight excluding hydrogens is 176 g/mol. The highest BCUT2D eigenvalue weighted by atomic mass is 35.5. The highest BCUT2D eigenvalue weighted by molar-refractivity contribution is 6.31. The summed E-state index contributed by atoms with van der Waals surface area (Å²) in [6.45, 7) is 0.0875. The van der Waals surface area contributed by atoms with E-state index in [1.807, 2.05) is 0 Å². The number of aliphatic hydroxyl groups excluding tert-OH is 2. The SMILES string of the molecule is OCCc1cc(CO)ccc1Cl. The third-order valence-electron chi connectivity index (χ3n) is 1.67. The summed E-state index contributed by atoms with van der Waals surface area (Å²) in [5.74, 6) is 0. The molecule has 12 heavy (non-hydrogen) atoms. The molecule has 0 saturated carbocycles. The summed E-state index contributed by atoms with van der Waals surface area (Å²) in [4.78, 5) is 0. The van der Waals surface area contributed by atoms with Crippen LogP contribution in [-0.4, -0.2) is 16.8 Å². The van der Waals surface area contributed by atoms with Gasteiger partial charge in [0.25, 0.3) is 0 Å². The molecule has 0 amide bonds. The van der Waals surface area contributed by atoms with E-state index in [0.717, 1.165) is 11.1 Å². The van der Waals surface area contributed by atoms with E-state index >= 15 is 0 Å². The third-order valence-corrected chi connectivity index (χ3v) is 2.04. The van der Waals surface area contributed by atoms with E-state index in [0.29, 0.717) is 11.4 Å². The summed E-state index contributed by atoms with van der Waals surface area (Å²) in [6.07, 6.45) is 0.534. The van der Waals surface area contributed by atoms with E-state index in [1.54, 1.807) is 18.2 Å². The lowest BCUT2D eigenvalue weighted by atomic mass is 10.1. The summed E-state index contributed by atoms with van der Waals surface area (Å²) in [5.41, 5.74) is 1.70. The molecule has 3 heteroatoms. The number of halogens is 1. The number of hydrogen-bond donors (Lipinski definition) is 2. The second-order valence-electron chi connectivity index (χ2n) is 2.56. The molecule has 0 bridgehead atoms. The third kappa shape index (κ3) is 2.21. The van der Waals surface area contributed by atoms with Crippen LogP contribution < -0.4 is 0 Å². The minimum Gasteiger partial charge on any atom is -0.396 e. The Balaban J connectivity index is 2.91. The minimum absolute atomic E-state index is 0.00952. The van der Waals surface area contributed by atoms with Gasteiger partial charge >= 0.3 is 0 Å². The molecular formula is C9H11ClO2. The Hall–Kier alpha value is -0.570. The van der Waals surface area contributed by atoms with Crippen molar-refractivity contribution in [3.8, 4) is 0 Å². The Morgan fingerprint density at radius 1 is 1.25 bits per heavy atom. The maximum absolute atomic E-state index is 8.82. The van der Waals surface area contributed by atoms with Gasteiger partial charge in [0, 0.05) is 11.6 Å². The first-order chi connectivity index (χ1) is 5.77. The largest absolute Gasteiger partial charge is 0.396 e. The van der Waals surface area contributed by atoms with E-state index in [-0.39, 0.29) is 13.2 Å². The highest BCUT2D eigenvalue weighted by Crippen LogP contribution is 2.17. The summed E-state index contributed by atoms with van der Waals surface area (Å²) in [6, 6.07) is 5.31. The van der Waals surface area contributed by atoms with Crippen LogP contribution in [0.3, 0.4) is 0 Å². The molecule has 0 unspecified atom stereocenters. The second-order valence-corrected chi connectivity index (χ2v) is 2.96. The number of benzene rings is 1. The maximum Gasteiger partial charge on any atom is 0.0681 e. The predicted molar refractivity (Wildman–Crippen MR) is 48.2 cm³/mol. The average Bonchev–Trinajstić information content (AvgIpc) is 2.09. The van der Waals surface area contributed by atoms with E-state index in [1.165, 1.54) is 0 Å². The number of rotatable bonds is 3. The minimum atomic E-state index is 0.00952. The molecule has 0 aromatic heterocycles. The molecule has 0 aliphatic heterocycles. The molecule has 0 radical (unpaired) electrons. The van der Waals surface area contributed by atoms with Crippen molar-refractivity contribution >= 4 is 11.6 Å². The molecule has 0 heterocycles. The Bertz CT molecular complexity index is 261. The fourth-order valence-corrected chi connectivity index (χ4v) is 1.25. The zero-order valence-electron chi connectivity index (χ0n) is 6.63. The quantitative estimate of drug-likeness (QED) is 0.749. The average molecular weight is 187 g/mol. The van der Waals surface area contributed by atoms with Gasteiger partial charge < -0.3 is 10.2 Å². The summed E-state index contributed by atoms with van der Waals surface area (Å²) >= 11 is 5.84. The second kappa shape index (κ2) is 4.45. The van der Waals surface area contributed by atoms with Gasteiger partial charge in [0.05, 0.1) is 6.61 Å². The van der Waals surface area contributed by atoms with E-state index in [4.69, 9.17) is 21.8 Å². The standard InChI is InChI=1S/C9H11ClO2/c10-9-2-1-7(6-12)5-8(9)3-4-11/h1-2,5,11-12H,3-4,6H2. The molecule has 66 valence electrons. The van der Waals surface area contributed by atoms with Crippen LogP contribution in [0.4, 0.5) is 0 Å². The fraction of sp³-hybridized carbons (Fsp3) is 0.333. The van der Waals surface area contributed by atoms with Crippen LogP contribution >= 0.6 is 11.6 Å². The van der Waals surface area contributed by atoms with Gasteiger partial charge in [-0.25, -0.2) is 0 Å². The molecule has 1 aromatic carbocycles. The van der Waals surface area contributed by atoms with Crippen molar-refractivity contribution in [2.75, 3.05) is 6.61 Å². The van der Waals surface area contributed by atoms with Gasteiger partial charge in [0.15, 0.2) is 0 Å². The van der Waals surface area contributed by atoms with E-state index < -0.39 is 0 Å². The van der Waals surface area contributed by atoms with Crippen molar-refractivity contribution in [2.45, 2.75) is 13.0 Å². The number of hydrogen-bond acceptors (Lipinski definition) is 2. The highest BCUT2D eigenvalue weighted by Gasteiger charge is 2.00. The zero-order chi connectivity index (χ0) is 8.97. The molecule has 0 saturated heterocycles. The van der Waals surface area contributed by atoms with Crippen LogP contribution in [0.15, 0.2) is 18.2 Å². The van der Waals surface area contributed by atoms with Gasteiger partial charge in [0.1, 0.15) is 0 Å². The van der Waals surface area contributed by atoms with Crippen molar-refractivity contribution in [1.29, 1.82) is 0 Å². The number of aliphatic hydroxyl groups is 2. The first kappa shape index (κ1) is 9.52. The molecule has 1 aromatic rings. The van der Waals surface area contributed by atoms with Crippen LogP contribution in [0.1, 0.15) is 11.1 Å². The van der Waals surface area contributed by atoms with Crippen LogP contribution in [0, 0.1) is 0 Å². The Kier molecular flexibility index (Phi) is 3.53. The van der Waals surface area contributed by atoms with Crippen LogP contribution in [0.25, 0.3) is 0 Å². The van der Waals surface area contributed by atoms with Gasteiger partial charge in [-0.3, -0.25) is 0 Å². The smallest absolute Gasteiger partial charge is 0.0681 e. The molecule has 0 aliphatic rings.